The fourth-order valence-electron chi connectivity index (χ4n) is 3.02. The summed E-state index contributed by atoms with van der Waals surface area (Å²) in [5.41, 5.74) is 2.47. The zero-order valence-electron chi connectivity index (χ0n) is 14.0. The van der Waals surface area contributed by atoms with Crippen LogP contribution in [0.15, 0.2) is 0 Å². The third-order valence-corrected chi connectivity index (χ3v) is 5.05. The van der Waals surface area contributed by atoms with Crippen molar-refractivity contribution in [1.29, 1.82) is 0 Å². The van der Waals surface area contributed by atoms with E-state index in [2.05, 4.69) is 47.5 Å². The van der Waals surface area contributed by atoms with Gasteiger partial charge in [-0.3, -0.25) is 4.90 Å². The Kier molecular flexibility index (Phi) is 5.48. The zero-order valence-corrected chi connectivity index (χ0v) is 15.6. The molecule has 0 bridgehead atoms. The van der Waals surface area contributed by atoms with Crippen molar-refractivity contribution in [3.05, 3.63) is 16.4 Å². The van der Waals surface area contributed by atoms with Gasteiger partial charge in [0.1, 0.15) is 5.01 Å². The minimum atomic E-state index is 0. The van der Waals surface area contributed by atoms with E-state index in [-0.39, 0.29) is 12.4 Å². The Morgan fingerprint density at radius 3 is 2.77 bits per heavy atom. The van der Waals surface area contributed by atoms with Gasteiger partial charge < -0.3 is 5.32 Å². The summed E-state index contributed by atoms with van der Waals surface area (Å²) >= 11 is 1.68. The first-order chi connectivity index (χ1) is 9.95. The van der Waals surface area contributed by atoms with Gasteiger partial charge in [0.05, 0.1) is 11.4 Å². The van der Waals surface area contributed by atoms with Gasteiger partial charge in [0, 0.05) is 31.7 Å². The molecular formula is C15H26ClN5S. The van der Waals surface area contributed by atoms with Crippen LogP contribution in [0.4, 0.5) is 0 Å². The molecule has 2 unspecified atom stereocenters. The first-order valence-corrected chi connectivity index (χ1v) is 8.59. The molecule has 0 saturated carbocycles. The number of imidazole rings is 1. The van der Waals surface area contributed by atoms with Gasteiger partial charge in [0.2, 0.25) is 4.96 Å². The molecule has 1 N–H and O–H groups in total. The molecule has 0 amide bonds. The van der Waals surface area contributed by atoms with Crippen molar-refractivity contribution in [2.45, 2.75) is 59.2 Å². The van der Waals surface area contributed by atoms with Crippen LogP contribution < -0.4 is 5.32 Å². The van der Waals surface area contributed by atoms with Crippen molar-refractivity contribution in [3.8, 4) is 0 Å². The second kappa shape index (κ2) is 6.83. The van der Waals surface area contributed by atoms with Gasteiger partial charge in [-0.05, 0) is 26.7 Å². The number of halogens is 1. The first-order valence-electron chi connectivity index (χ1n) is 7.78. The minimum absolute atomic E-state index is 0. The predicted molar refractivity (Wildman–Crippen MR) is 94.3 cm³/mol. The van der Waals surface area contributed by atoms with Gasteiger partial charge in [-0.1, -0.05) is 25.2 Å². The van der Waals surface area contributed by atoms with E-state index in [4.69, 9.17) is 4.98 Å². The molecule has 124 valence electrons. The topological polar surface area (TPSA) is 45.5 Å². The average Bonchev–Trinajstić information content (AvgIpc) is 2.91. The monoisotopic (exact) mass is 343 g/mol. The molecule has 1 fully saturated rings. The number of aryl methyl sites for hydroxylation is 1. The predicted octanol–water partition coefficient (Wildman–Crippen LogP) is 2.83. The molecule has 5 nitrogen and oxygen atoms in total. The Morgan fingerprint density at radius 1 is 1.36 bits per heavy atom. The summed E-state index contributed by atoms with van der Waals surface area (Å²) in [6, 6.07) is 1.09. The lowest BCUT2D eigenvalue weighted by molar-refractivity contribution is 0.136. The van der Waals surface area contributed by atoms with E-state index in [1.54, 1.807) is 11.3 Å². The number of aromatic nitrogens is 3. The normalized spacial score (nSPS) is 23.2. The van der Waals surface area contributed by atoms with Crippen LogP contribution in [0.1, 0.15) is 50.0 Å². The molecule has 1 aliphatic rings. The van der Waals surface area contributed by atoms with Crippen LogP contribution in [0, 0.1) is 6.92 Å². The molecule has 1 aliphatic heterocycles. The van der Waals surface area contributed by atoms with E-state index < -0.39 is 0 Å². The van der Waals surface area contributed by atoms with Crippen molar-refractivity contribution in [1.82, 2.24) is 24.8 Å². The number of piperazine rings is 1. The summed E-state index contributed by atoms with van der Waals surface area (Å²) in [4.78, 5) is 8.40. The lowest BCUT2D eigenvalue weighted by Crippen LogP contribution is -2.53. The molecular weight excluding hydrogens is 318 g/mol. The maximum absolute atomic E-state index is 4.82. The lowest BCUT2D eigenvalue weighted by atomic mass is 10.1. The summed E-state index contributed by atoms with van der Waals surface area (Å²) in [5.74, 6) is 0.435. The SMILES string of the molecule is Cc1nn2c(CN3CC(C)NCC3C)c(C(C)C)nc2s1.Cl. The number of rotatable bonds is 3. The molecule has 0 radical (unpaired) electrons. The summed E-state index contributed by atoms with van der Waals surface area (Å²) < 4.78 is 2.06. The fourth-order valence-corrected chi connectivity index (χ4v) is 3.79. The quantitative estimate of drug-likeness (QED) is 0.930. The largest absolute Gasteiger partial charge is 0.311 e. The molecule has 7 heteroatoms. The standard InChI is InChI=1S/C15H25N5S.ClH/c1-9(2)14-13(20-15(17-14)21-12(5)18-20)8-19-7-10(3)16-6-11(19)4;/h9-11,16H,6-8H2,1-5H3;1H. The zero-order chi connectivity index (χ0) is 15.1. The molecule has 2 aromatic heterocycles. The molecule has 2 aromatic rings. The van der Waals surface area contributed by atoms with Gasteiger partial charge >= 0.3 is 0 Å². The highest BCUT2D eigenvalue weighted by Gasteiger charge is 2.26. The van der Waals surface area contributed by atoms with Crippen LogP contribution in [0.3, 0.4) is 0 Å². The molecule has 1 saturated heterocycles. The van der Waals surface area contributed by atoms with Crippen molar-refractivity contribution in [2.24, 2.45) is 0 Å². The van der Waals surface area contributed by atoms with Crippen LogP contribution in [0.2, 0.25) is 0 Å². The van der Waals surface area contributed by atoms with Gasteiger partial charge in [-0.2, -0.15) is 5.10 Å². The summed E-state index contributed by atoms with van der Waals surface area (Å²) in [6.07, 6.45) is 0. The molecule has 22 heavy (non-hydrogen) atoms. The highest BCUT2D eigenvalue weighted by atomic mass is 35.5. The van der Waals surface area contributed by atoms with Gasteiger partial charge in [-0.15, -0.1) is 12.4 Å². The van der Waals surface area contributed by atoms with Gasteiger partial charge in [-0.25, -0.2) is 9.50 Å². The van der Waals surface area contributed by atoms with E-state index in [0.717, 1.165) is 29.6 Å². The smallest absolute Gasteiger partial charge is 0.212 e. The Hall–Kier alpha value is -0.690. The Balaban J connectivity index is 0.00000176. The van der Waals surface area contributed by atoms with E-state index >= 15 is 0 Å². The van der Waals surface area contributed by atoms with E-state index in [0.29, 0.717) is 18.0 Å². The minimum Gasteiger partial charge on any atom is -0.311 e. The fraction of sp³-hybridized carbons (Fsp3) is 0.733. The molecule has 0 aliphatic carbocycles. The lowest BCUT2D eigenvalue weighted by Gasteiger charge is -2.37. The molecule has 0 spiro atoms. The third-order valence-electron chi connectivity index (χ3n) is 4.22. The van der Waals surface area contributed by atoms with Crippen molar-refractivity contribution >= 4 is 28.7 Å². The number of fused-ring (bicyclic) bond motifs is 1. The molecule has 2 atom stereocenters. The maximum atomic E-state index is 4.82. The first kappa shape index (κ1) is 17.7. The number of nitrogens with one attached hydrogen (secondary N) is 1. The molecule has 0 aromatic carbocycles. The maximum Gasteiger partial charge on any atom is 0.212 e. The second-order valence-corrected chi connectivity index (χ2v) is 7.66. The van der Waals surface area contributed by atoms with Crippen LogP contribution in [0.25, 0.3) is 4.96 Å². The van der Waals surface area contributed by atoms with Gasteiger partial charge in [0.15, 0.2) is 0 Å². The Bertz CT molecular complexity index is 635. The van der Waals surface area contributed by atoms with Crippen LogP contribution in [0.5, 0.6) is 0 Å². The van der Waals surface area contributed by atoms with Gasteiger partial charge in [0.25, 0.3) is 0 Å². The molecule has 3 heterocycles. The van der Waals surface area contributed by atoms with E-state index in [1.165, 1.54) is 11.4 Å². The Labute approximate surface area is 142 Å². The van der Waals surface area contributed by atoms with Crippen LogP contribution >= 0.6 is 23.7 Å². The average molecular weight is 344 g/mol. The number of nitrogens with zero attached hydrogens (tertiary/aromatic N) is 4. The summed E-state index contributed by atoms with van der Waals surface area (Å²) in [7, 11) is 0. The van der Waals surface area contributed by atoms with Crippen molar-refractivity contribution in [3.63, 3.8) is 0 Å². The highest BCUT2D eigenvalue weighted by molar-refractivity contribution is 7.16. The third kappa shape index (κ3) is 3.30. The van der Waals surface area contributed by atoms with E-state index in [9.17, 15) is 0 Å². The van der Waals surface area contributed by atoms with E-state index in [1.807, 2.05) is 6.92 Å². The molecule has 3 rings (SSSR count). The number of hydrogen-bond donors (Lipinski definition) is 1. The van der Waals surface area contributed by atoms with Crippen LogP contribution in [-0.4, -0.2) is 44.7 Å². The summed E-state index contributed by atoms with van der Waals surface area (Å²) in [5, 5.41) is 9.28. The Morgan fingerprint density at radius 2 is 2.09 bits per heavy atom. The van der Waals surface area contributed by atoms with Crippen LogP contribution in [-0.2, 0) is 6.54 Å². The second-order valence-electron chi connectivity index (χ2n) is 6.50. The highest BCUT2D eigenvalue weighted by Crippen LogP contribution is 2.26. The summed E-state index contributed by atoms with van der Waals surface area (Å²) in [6.45, 7) is 14.1. The van der Waals surface area contributed by atoms with Crippen molar-refractivity contribution < 1.29 is 0 Å². The number of hydrogen-bond acceptors (Lipinski definition) is 5. The van der Waals surface area contributed by atoms with Crippen molar-refractivity contribution in [2.75, 3.05) is 13.1 Å².